The van der Waals surface area contributed by atoms with Crippen LogP contribution in [0.1, 0.15) is 0 Å². The molecule has 0 spiro atoms. The standard InChI is InChI=1S/C4H7F3Si/c1-2-8-3-4(5,6)7/h2H,1,3,8H2. The van der Waals surface area contributed by atoms with Crippen LogP contribution in [0.5, 0.6) is 0 Å². The summed E-state index contributed by atoms with van der Waals surface area (Å²) in [5.41, 5.74) is 1.40. The highest BCUT2D eigenvalue weighted by Crippen LogP contribution is 2.18. The Morgan fingerprint density at radius 1 is 1.50 bits per heavy atom. The largest absolute Gasteiger partial charge is 0.386 e. The van der Waals surface area contributed by atoms with Crippen LogP contribution in [0.2, 0.25) is 6.04 Å². The molecule has 0 aromatic rings. The third-order valence-corrected chi connectivity index (χ3v) is 1.90. The summed E-state index contributed by atoms with van der Waals surface area (Å²) >= 11 is 0. The molecule has 0 radical (unpaired) electrons. The summed E-state index contributed by atoms with van der Waals surface area (Å²) in [6.45, 7) is 3.23. The van der Waals surface area contributed by atoms with Gasteiger partial charge in [0.15, 0.2) is 0 Å². The second-order valence-electron chi connectivity index (χ2n) is 1.44. The van der Waals surface area contributed by atoms with E-state index in [9.17, 15) is 13.2 Å². The third kappa shape index (κ3) is 5.75. The van der Waals surface area contributed by atoms with Gasteiger partial charge in [0.2, 0.25) is 0 Å². The Bertz CT molecular complexity index is 75.8. The van der Waals surface area contributed by atoms with E-state index >= 15 is 0 Å². The summed E-state index contributed by atoms with van der Waals surface area (Å²) in [6, 6.07) is -0.615. The molecule has 0 fully saturated rings. The van der Waals surface area contributed by atoms with Crippen molar-refractivity contribution in [3.8, 4) is 0 Å². The van der Waals surface area contributed by atoms with Crippen molar-refractivity contribution in [1.82, 2.24) is 0 Å². The van der Waals surface area contributed by atoms with Gasteiger partial charge in [0.25, 0.3) is 0 Å². The van der Waals surface area contributed by atoms with E-state index in [1.54, 1.807) is 0 Å². The summed E-state index contributed by atoms with van der Waals surface area (Å²) in [4.78, 5) is 0. The second-order valence-corrected chi connectivity index (χ2v) is 3.10. The van der Waals surface area contributed by atoms with Gasteiger partial charge in [-0.3, -0.25) is 0 Å². The average Bonchev–Trinajstić information content (AvgIpc) is 1.59. The molecule has 0 aromatic carbocycles. The molecule has 0 nitrogen and oxygen atoms in total. The molecule has 4 heteroatoms. The van der Waals surface area contributed by atoms with E-state index in [0.717, 1.165) is 0 Å². The van der Waals surface area contributed by atoms with Gasteiger partial charge in [0, 0.05) is 6.04 Å². The number of alkyl halides is 3. The van der Waals surface area contributed by atoms with E-state index in [0.29, 0.717) is 0 Å². The molecular formula is C4H7F3Si. The fraction of sp³-hybridized carbons (Fsp3) is 0.500. The van der Waals surface area contributed by atoms with Gasteiger partial charge in [0.05, 0.1) is 9.52 Å². The zero-order chi connectivity index (χ0) is 6.62. The van der Waals surface area contributed by atoms with Crippen LogP contribution in [-0.4, -0.2) is 15.7 Å². The molecule has 0 atom stereocenters. The predicted octanol–water partition coefficient (Wildman–Crippen LogP) is 1.28. The van der Waals surface area contributed by atoms with E-state index in [-0.39, 0.29) is 0 Å². The zero-order valence-electron chi connectivity index (χ0n) is 4.33. The summed E-state index contributed by atoms with van der Waals surface area (Å²) in [5, 5.41) is 0. The first kappa shape index (κ1) is 7.75. The quantitative estimate of drug-likeness (QED) is 0.507. The predicted molar refractivity (Wildman–Crippen MR) is 29.6 cm³/mol. The maximum absolute atomic E-state index is 11.2. The van der Waals surface area contributed by atoms with Crippen molar-refractivity contribution in [2.45, 2.75) is 12.2 Å². The van der Waals surface area contributed by atoms with Gasteiger partial charge in [0.1, 0.15) is 0 Å². The van der Waals surface area contributed by atoms with Crippen LogP contribution in [0.4, 0.5) is 13.2 Å². The molecule has 0 aliphatic heterocycles. The maximum atomic E-state index is 11.2. The molecule has 0 amide bonds. The lowest BCUT2D eigenvalue weighted by Crippen LogP contribution is -2.08. The molecule has 0 saturated carbocycles. The summed E-state index contributed by atoms with van der Waals surface area (Å²) in [5.74, 6) is 0. The monoisotopic (exact) mass is 140 g/mol. The summed E-state index contributed by atoms with van der Waals surface area (Å²) < 4.78 is 33.7. The minimum Gasteiger partial charge on any atom is -0.172 e. The number of hydrogen-bond donors (Lipinski definition) is 0. The van der Waals surface area contributed by atoms with Crippen molar-refractivity contribution >= 4 is 9.52 Å². The molecule has 0 saturated heterocycles. The third-order valence-electron chi connectivity index (χ3n) is 0.632. The van der Waals surface area contributed by atoms with Gasteiger partial charge < -0.3 is 0 Å². The highest BCUT2D eigenvalue weighted by atomic mass is 28.2. The normalized spacial score (nSPS) is 12.9. The molecular weight excluding hydrogens is 133 g/mol. The van der Waals surface area contributed by atoms with Crippen LogP contribution in [0.25, 0.3) is 0 Å². The molecule has 0 bridgehead atoms. The van der Waals surface area contributed by atoms with Crippen LogP contribution in [-0.2, 0) is 0 Å². The molecule has 0 aromatic heterocycles. The molecule has 0 aliphatic carbocycles. The molecule has 0 rings (SSSR count). The Hall–Kier alpha value is -0.253. The van der Waals surface area contributed by atoms with Gasteiger partial charge >= 0.3 is 6.18 Å². The Morgan fingerprint density at radius 2 is 2.00 bits per heavy atom. The van der Waals surface area contributed by atoms with Crippen LogP contribution in [0.15, 0.2) is 12.3 Å². The Balaban J connectivity index is 3.24. The van der Waals surface area contributed by atoms with Crippen molar-refractivity contribution in [1.29, 1.82) is 0 Å². The Morgan fingerprint density at radius 3 is 2.12 bits per heavy atom. The highest BCUT2D eigenvalue weighted by Gasteiger charge is 2.25. The van der Waals surface area contributed by atoms with Crippen LogP contribution >= 0.6 is 0 Å². The maximum Gasteiger partial charge on any atom is 0.386 e. The van der Waals surface area contributed by atoms with E-state index in [2.05, 4.69) is 6.58 Å². The van der Waals surface area contributed by atoms with E-state index < -0.39 is 21.7 Å². The fourth-order valence-electron chi connectivity index (χ4n) is 0.266. The Kier molecular flexibility index (Phi) is 2.82. The van der Waals surface area contributed by atoms with Gasteiger partial charge in [-0.05, 0) is 0 Å². The van der Waals surface area contributed by atoms with Crippen molar-refractivity contribution < 1.29 is 13.2 Å². The molecule has 48 valence electrons. The molecule has 0 aliphatic rings. The first-order valence-corrected chi connectivity index (χ1v) is 4.05. The van der Waals surface area contributed by atoms with Crippen LogP contribution in [0.3, 0.4) is 0 Å². The van der Waals surface area contributed by atoms with Gasteiger partial charge in [-0.2, -0.15) is 13.2 Å². The zero-order valence-corrected chi connectivity index (χ0v) is 5.75. The van der Waals surface area contributed by atoms with Gasteiger partial charge in [-0.1, -0.05) is 0 Å². The minimum atomic E-state index is -3.96. The second kappa shape index (κ2) is 2.91. The molecule has 0 N–H and O–H groups in total. The van der Waals surface area contributed by atoms with Gasteiger partial charge in [-0.15, -0.1) is 12.3 Å². The lowest BCUT2D eigenvalue weighted by Gasteiger charge is -2.00. The minimum absolute atomic E-state index is 0.615. The molecule has 0 heterocycles. The van der Waals surface area contributed by atoms with E-state index in [4.69, 9.17) is 0 Å². The van der Waals surface area contributed by atoms with Crippen molar-refractivity contribution in [2.75, 3.05) is 0 Å². The molecule has 0 unspecified atom stereocenters. The van der Waals surface area contributed by atoms with Crippen molar-refractivity contribution in [3.63, 3.8) is 0 Å². The average molecular weight is 140 g/mol. The summed E-state index contributed by atoms with van der Waals surface area (Å²) in [7, 11) is -1.04. The van der Waals surface area contributed by atoms with Crippen LogP contribution in [0, 0.1) is 0 Å². The number of halogens is 3. The van der Waals surface area contributed by atoms with Crippen molar-refractivity contribution in [2.24, 2.45) is 0 Å². The summed E-state index contributed by atoms with van der Waals surface area (Å²) in [6.07, 6.45) is -3.96. The highest BCUT2D eigenvalue weighted by molar-refractivity contribution is 6.42. The lowest BCUT2D eigenvalue weighted by atomic mass is 10.8. The number of hydrogen-bond acceptors (Lipinski definition) is 0. The smallest absolute Gasteiger partial charge is 0.172 e. The molecule has 8 heavy (non-hydrogen) atoms. The lowest BCUT2D eigenvalue weighted by molar-refractivity contribution is -0.109. The van der Waals surface area contributed by atoms with E-state index in [1.165, 1.54) is 5.70 Å². The van der Waals surface area contributed by atoms with Gasteiger partial charge in [-0.25, -0.2) is 0 Å². The first-order valence-electron chi connectivity index (χ1n) is 2.24. The van der Waals surface area contributed by atoms with Crippen molar-refractivity contribution in [3.05, 3.63) is 12.3 Å². The first-order chi connectivity index (χ1) is 3.56. The van der Waals surface area contributed by atoms with E-state index in [1.807, 2.05) is 0 Å². The Labute approximate surface area is 48.2 Å². The fourth-order valence-corrected chi connectivity index (χ4v) is 0.797. The number of rotatable bonds is 2. The van der Waals surface area contributed by atoms with Crippen LogP contribution < -0.4 is 0 Å². The SMILES string of the molecule is C=C[SiH2]CC(F)(F)F. The topological polar surface area (TPSA) is 0 Å².